The van der Waals surface area contributed by atoms with Crippen molar-refractivity contribution in [2.45, 2.75) is 46.5 Å². The number of aromatic nitrogens is 1. The summed E-state index contributed by atoms with van der Waals surface area (Å²) >= 11 is 0. The first-order chi connectivity index (χ1) is 9.47. The molecule has 1 aromatic rings. The Bertz CT molecular complexity index is 440. The standard InChI is InChI=1S/C16H25N3O/c1-16(2,3)15(20)18-13-8-9-14(17-12-13)19-10-6-4-5-7-11-19/h8-9,12H,4-7,10-11H2,1-3H3,(H,18,20). The lowest BCUT2D eigenvalue weighted by atomic mass is 9.96. The SMILES string of the molecule is CC(C)(C)C(=O)Nc1ccc(N2CCCCCC2)nc1. The minimum atomic E-state index is -0.385. The number of hydrogen-bond acceptors (Lipinski definition) is 3. The van der Waals surface area contributed by atoms with E-state index >= 15 is 0 Å². The number of rotatable bonds is 2. The predicted octanol–water partition coefficient (Wildman–Crippen LogP) is 3.45. The van der Waals surface area contributed by atoms with E-state index in [4.69, 9.17) is 0 Å². The lowest BCUT2D eigenvalue weighted by molar-refractivity contribution is -0.123. The van der Waals surface area contributed by atoms with E-state index in [1.807, 2.05) is 32.9 Å². The normalized spacial score (nSPS) is 16.6. The molecular formula is C16H25N3O. The van der Waals surface area contributed by atoms with Gasteiger partial charge < -0.3 is 10.2 Å². The van der Waals surface area contributed by atoms with Crippen LogP contribution >= 0.6 is 0 Å². The molecular weight excluding hydrogens is 250 g/mol. The van der Waals surface area contributed by atoms with Gasteiger partial charge >= 0.3 is 0 Å². The maximum Gasteiger partial charge on any atom is 0.229 e. The third-order valence-corrected chi connectivity index (χ3v) is 3.62. The Balaban J connectivity index is 2.00. The van der Waals surface area contributed by atoms with E-state index in [1.165, 1.54) is 25.7 Å². The molecule has 0 spiro atoms. The lowest BCUT2D eigenvalue weighted by Crippen LogP contribution is -2.28. The topological polar surface area (TPSA) is 45.2 Å². The first-order valence-electron chi connectivity index (χ1n) is 7.49. The van der Waals surface area contributed by atoms with Crippen molar-refractivity contribution < 1.29 is 4.79 Å². The van der Waals surface area contributed by atoms with Crippen LogP contribution in [0, 0.1) is 5.41 Å². The van der Waals surface area contributed by atoms with Crippen LogP contribution in [0.15, 0.2) is 18.3 Å². The fraction of sp³-hybridized carbons (Fsp3) is 0.625. The zero-order valence-corrected chi connectivity index (χ0v) is 12.8. The summed E-state index contributed by atoms with van der Waals surface area (Å²) in [6, 6.07) is 3.94. The van der Waals surface area contributed by atoms with E-state index in [0.717, 1.165) is 24.6 Å². The van der Waals surface area contributed by atoms with Crippen molar-refractivity contribution in [3.05, 3.63) is 18.3 Å². The summed E-state index contributed by atoms with van der Waals surface area (Å²) in [5.74, 6) is 1.03. The smallest absolute Gasteiger partial charge is 0.229 e. The van der Waals surface area contributed by atoms with Crippen LogP contribution in [0.4, 0.5) is 11.5 Å². The van der Waals surface area contributed by atoms with Gasteiger partial charge in [-0.1, -0.05) is 33.6 Å². The third kappa shape index (κ3) is 3.95. The molecule has 1 fully saturated rings. The maximum absolute atomic E-state index is 11.9. The molecule has 1 saturated heterocycles. The van der Waals surface area contributed by atoms with Crippen LogP contribution in [0.25, 0.3) is 0 Å². The number of hydrogen-bond donors (Lipinski definition) is 1. The Labute approximate surface area is 121 Å². The van der Waals surface area contributed by atoms with Crippen molar-refractivity contribution in [1.82, 2.24) is 4.98 Å². The largest absolute Gasteiger partial charge is 0.357 e. The predicted molar refractivity (Wildman–Crippen MR) is 83.0 cm³/mol. The molecule has 2 rings (SSSR count). The van der Waals surface area contributed by atoms with Gasteiger partial charge in [-0.15, -0.1) is 0 Å². The summed E-state index contributed by atoms with van der Waals surface area (Å²) in [4.78, 5) is 18.7. The highest BCUT2D eigenvalue weighted by Crippen LogP contribution is 2.20. The number of pyridine rings is 1. The van der Waals surface area contributed by atoms with Gasteiger partial charge in [0.1, 0.15) is 5.82 Å². The van der Waals surface area contributed by atoms with Crippen LogP contribution in [0.2, 0.25) is 0 Å². The highest BCUT2D eigenvalue weighted by Gasteiger charge is 2.21. The van der Waals surface area contributed by atoms with Crippen molar-refractivity contribution in [3.63, 3.8) is 0 Å². The Morgan fingerprint density at radius 3 is 2.30 bits per heavy atom. The van der Waals surface area contributed by atoms with Gasteiger partial charge in [-0.05, 0) is 25.0 Å². The summed E-state index contributed by atoms with van der Waals surface area (Å²) in [5, 5.41) is 2.90. The molecule has 0 aliphatic carbocycles. The molecule has 1 N–H and O–H groups in total. The van der Waals surface area contributed by atoms with Crippen LogP contribution in [-0.4, -0.2) is 24.0 Å². The Morgan fingerprint density at radius 2 is 1.80 bits per heavy atom. The number of amides is 1. The number of nitrogens with one attached hydrogen (secondary N) is 1. The van der Waals surface area contributed by atoms with Crippen molar-refractivity contribution in [2.24, 2.45) is 5.41 Å². The average Bonchev–Trinajstić information content (AvgIpc) is 2.67. The lowest BCUT2D eigenvalue weighted by Gasteiger charge is -2.22. The quantitative estimate of drug-likeness (QED) is 0.899. The number of anilines is 2. The van der Waals surface area contributed by atoms with Gasteiger partial charge in [-0.2, -0.15) is 0 Å². The third-order valence-electron chi connectivity index (χ3n) is 3.62. The minimum absolute atomic E-state index is 0.0156. The van der Waals surface area contributed by atoms with Gasteiger partial charge in [-0.3, -0.25) is 4.79 Å². The molecule has 0 unspecified atom stereocenters. The zero-order valence-electron chi connectivity index (χ0n) is 12.8. The average molecular weight is 275 g/mol. The molecule has 0 bridgehead atoms. The molecule has 2 heterocycles. The molecule has 110 valence electrons. The van der Waals surface area contributed by atoms with Crippen molar-refractivity contribution in [1.29, 1.82) is 0 Å². The molecule has 20 heavy (non-hydrogen) atoms. The summed E-state index contributed by atoms with van der Waals surface area (Å²) in [7, 11) is 0. The number of nitrogens with zero attached hydrogens (tertiary/aromatic N) is 2. The van der Waals surface area contributed by atoms with E-state index < -0.39 is 0 Å². The minimum Gasteiger partial charge on any atom is -0.357 e. The second-order valence-corrected chi connectivity index (χ2v) is 6.51. The van der Waals surface area contributed by atoms with Crippen LogP contribution in [0.3, 0.4) is 0 Å². The van der Waals surface area contributed by atoms with Gasteiger partial charge in [0.05, 0.1) is 11.9 Å². The van der Waals surface area contributed by atoms with Crippen LogP contribution in [-0.2, 0) is 4.79 Å². The summed E-state index contributed by atoms with van der Waals surface area (Å²) in [5.41, 5.74) is 0.382. The molecule has 1 aromatic heterocycles. The fourth-order valence-corrected chi connectivity index (χ4v) is 2.27. The van der Waals surface area contributed by atoms with Crippen molar-refractivity contribution in [2.75, 3.05) is 23.3 Å². The first-order valence-corrected chi connectivity index (χ1v) is 7.49. The Kier molecular flexibility index (Phi) is 4.63. The molecule has 1 aliphatic rings. The molecule has 0 saturated carbocycles. The molecule has 4 heteroatoms. The molecule has 0 aromatic carbocycles. The Morgan fingerprint density at radius 1 is 1.15 bits per heavy atom. The monoisotopic (exact) mass is 275 g/mol. The van der Waals surface area contributed by atoms with Crippen molar-refractivity contribution >= 4 is 17.4 Å². The molecule has 1 amide bonds. The molecule has 4 nitrogen and oxygen atoms in total. The van der Waals surface area contributed by atoms with Crippen LogP contribution in [0.1, 0.15) is 46.5 Å². The van der Waals surface area contributed by atoms with Gasteiger partial charge in [0.15, 0.2) is 0 Å². The molecule has 0 atom stereocenters. The molecule has 1 aliphatic heterocycles. The van der Waals surface area contributed by atoms with Gasteiger partial charge in [-0.25, -0.2) is 4.98 Å². The highest BCUT2D eigenvalue weighted by atomic mass is 16.2. The second-order valence-electron chi connectivity index (χ2n) is 6.51. The highest BCUT2D eigenvalue weighted by molar-refractivity contribution is 5.94. The summed E-state index contributed by atoms with van der Waals surface area (Å²) in [6.45, 7) is 7.88. The molecule has 0 radical (unpaired) electrons. The van der Waals surface area contributed by atoms with Crippen LogP contribution in [0.5, 0.6) is 0 Å². The Hall–Kier alpha value is -1.58. The second kappa shape index (κ2) is 6.25. The maximum atomic E-state index is 11.9. The number of carbonyl (C=O) groups is 1. The van der Waals surface area contributed by atoms with Gasteiger partial charge in [0, 0.05) is 18.5 Å². The van der Waals surface area contributed by atoms with Gasteiger partial charge in [0.2, 0.25) is 5.91 Å². The first kappa shape index (κ1) is 14.8. The van der Waals surface area contributed by atoms with E-state index in [2.05, 4.69) is 15.2 Å². The van der Waals surface area contributed by atoms with E-state index in [0.29, 0.717) is 0 Å². The summed E-state index contributed by atoms with van der Waals surface area (Å²) < 4.78 is 0. The van der Waals surface area contributed by atoms with E-state index in [9.17, 15) is 4.79 Å². The fourth-order valence-electron chi connectivity index (χ4n) is 2.27. The number of carbonyl (C=O) groups excluding carboxylic acids is 1. The van der Waals surface area contributed by atoms with Gasteiger partial charge in [0.25, 0.3) is 0 Å². The van der Waals surface area contributed by atoms with E-state index in [1.54, 1.807) is 6.20 Å². The van der Waals surface area contributed by atoms with Crippen molar-refractivity contribution in [3.8, 4) is 0 Å². The summed E-state index contributed by atoms with van der Waals surface area (Å²) in [6.07, 6.45) is 6.87. The van der Waals surface area contributed by atoms with Crippen LogP contribution < -0.4 is 10.2 Å². The van der Waals surface area contributed by atoms with E-state index in [-0.39, 0.29) is 11.3 Å². The zero-order chi connectivity index (χ0) is 14.6.